The van der Waals surface area contributed by atoms with Crippen molar-refractivity contribution in [2.75, 3.05) is 6.54 Å². The van der Waals surface area contributed by atoms with Crippen LogP contribution in [0.1, 0.15) is 66.1 Å². The van der Waals surface area contributed by atoms with Crippen molar-refractivity contribution < 1.29 is 0 Å². The molecule has 0 aliphatic heterocycles. The highest BCUT2D eigenvalue weighted by molar-refractivity contribution is 9.10. The molecule has 0 saturated carbocycles. The van der Waals surface area contributed by atoms with Gasteiger partial charge in [-0.25, -0.2) is 0 Å². The van der Waals surface area contributed by atoms with Crippen molar-refractivity contribution in [2.45, 2.75) is 72.9 Å². The first-order valence-electron chi connectivity index (χ1n) is 7.72. The van der Waals surface area contributed by atoms with Crippen molar-refractivity contribution in [3.05, 3.63) is 16.4 Å². The van der Waals surface area contributed by atoms with Crippen LogP contribution in [0, 0.1) is 5.41 Å². The van der Waals surface area contributed by atoms with Gasteiger partial charge in [-0.1, -0.05) is 27.7 Å². The minimum absolute atomic E-state index is 0.282. The van der Waals surface area contributed by atoms with Crippen molar-refractivity contribution >= 4 is 15.9 Å². The third-order valence-electron chi connectivity index (χ3n) is 3.69. The third-order valence-corrected chi connectivity index (χ3v) is 4.36. The van der Waals surface area contributed by atoms with E-state index in [1.807, 2.05) is 6.20 Å². The molecule has 1 rings (SSSR count). The normalized spacial score (nSPS) is 14.0. The molecule has 0 aliphatic rings. The molecule has 0 saturated heterocycles. The molecule has 1 aromatic heterocycles. The summed E-state index contributed by atoms with van der Waals surface area (Å²) in [6.07, 6.45) is 5.29. The van der Waals surface area contributed by atoms with Gasteiger partial charge in [-0.15, -0.1) is 0 Å². The Morgan fingerprint density at radius 1 is 1.35 bits per heavy atom. The van der Waals surface area contributed by atoms with Crippen molar-refractivity contribution in [3.63, 3.8) is 0 Å². The van der Waals surface area contributed by atoms with E-state index in [1.165, 1.54) is 12.1 Å². The van der Waals surface area contributed by atoms with Gasteiger partial charge in [0.15, 0.2) is 0 Å². The average molecular weight is 344 g/mol. The summed E-state index contributed by atoms with van der Waals surface area (Å²) in [6.45, 7) is 14.6. The van der Waals surface area contributed by atoms with E-state index in [0.717, 1.165) is 23.9 Å². The molecule has 0 spiro atoms. The maximum Gasteiger partial charge on any atom is 0.0635 e. The van der Waals surface area contributed by atoms with Gasteiger partial charge >= 0.3 is 0 Å². The van der Waals surface area contributed by atoms with Crippen LogP contribution < -0.4 is 5.32 Å². The van der Waals surface area contributed by atoms with Gasteiger partial charge in [0.25, 0.3) is 0 Å². The topological polar surface area (TPSA) is 29.9 Å². The number of nitrogens with zero attached hydrogens (tertiary/aromatic N) is 2. The molecule has 1 unspecified atom stereocenters. The molecule has 116 valence electrons. The quantitative estimate of drug-likeness (QED) is 0.785. The van der Waals surface area contributed by atoms with Crippen LogP contribution in [0.3, 0.4) is 0 Å². The van der Waals surface area contributed by atoms with Crippen LogP contribution in [0.15, 0.2) is 10.7 Å². The summed E-state index contributed by atoms with van der Waals surface area (Å²) >= 11 is 3.63. The van der Waals surface area contributed by atoms with E-state index in [4.69, 9.17) is 0 Å². The van der Waals surface area contributed by atoms with Crippen molar-refractivity contribution in [1.82, 2.24) is 15.1 Å². The van der Waals surface area contributed by atoms with Crippen LogP contribution >= 0.6 is 15.9 Å². The Balaban J connectivity index is 2.74. The molecule has 4 heteroatoms. The maximum absolute atomic E-state index is 4.47. The Labute approximate surface area is 132 Å². The minimum Gasteiger partial charge on any atom is -0.313 e. The predicted molar refractivity (Wildman–Crippen MR) is 90.2 cm³/mol. The molecule has 1 atom stereocenters. The molecule has 1 N–H and O–H groups in total. The smallest absolute Gasteiger partial charge is 0.0635 e. The molecule has 0 fully saturated rings. The Bertz CT molecular complexity index is 404. The first-order chi connectivity index (χ1) is 9.27. The fourth-order valence-electron chi connectivity index (χ4n) is 2.49. The van der Waals surface area contributed by atoms with Crippen LogP contribution in [0.2, 0.25) is 0 Å². The Morgan fingerprint density at radius 3 is 2.50 bits per heavy atom. The standard InChI is InChI=1S/C16H30BrN3/c1-7-10-18-15(16(4,5)6)9-8-14-13(17)11-19-20(14)12(2)3/h11-12,15,18H,7-10H2,1-6H3. The van der Waals surface area contributed by atoms with Gasteiger partial charge in [0, 0.05) is 12.1 Å². The van der Waals surface area contributed by atoms with Crippen LogP contribution in [-0.4, -0.2) is 22.4 Å². The fourth-order valence-corrected chi connectivity index (χ4v) is 2.96. The minimum atomic E-state index is 0.282. The number of halogens is 1. The van der Waals surface area contributed by atoms with Crippen molar-refractivity contribution in [3.8, 4) is 0 Å². The second kappa shape index (κ2) is 7.60. The highest BCUT2D eigenvalue weighted by Crippen LogP contribution is 2.26. The van der Waals surface area contributed by atoms with Gasteiger partial charge in [-0.3, -0.25) is 4.68 Å². The molecule has 1 heterocycles. The average Bonchev–Trinajstić information content (AvgIpc) is 2.69. The van der Waals surface area contributed by atoms with Crippen LogP contribution in [0.5, 0.6) is 0 Å². The van der Waals surface area contributed by atoms with E-state index < -0.39 is 0 Å². The second-order valence-electron chi connectivity index (χ2n) is 6.89. The van der Waals surface area contributed by atoms with Crippen LogP contribution in [-0.2, 0) is 6.42 Å². The lowest BCUT2D eigenvalue weighted by molar-refractivity contribution is 0.253. The number of nitrogens with one attached hydrogen (secondary N) is 1. The van der Waals surface area contributed by atoms with Crippen molar-refractivity contribution in [1.29, 1.82) is 0 Å². The third kappa shape index (κ3) is 4.88. The van der Waals surface area contributed by atoms with Gasteiger partial charge in [0.1, 0.15) is 0 Å². The van der Waals surface area contributed by atoms with Gasteiger partial charge in [0.2, 0.25) is 0 Å². The molecule has 0 bridgehead atoms. The molecule has 0 amide bonds. The lowest BCUT2D eigenvalue weighted by Gasteiger charge is -2.32. The molecular weight excluding hydrogens is 314 g/mol. The van der Waals surface area contributed by atoms with Gasteiger partial charge in [0.05, 0.1) is 16.4 Å². The monoisotopic (exact) mass is 343 g/mol. The molecule has 3 nitrogen and oxygen atoms in total. The zero-order valence-corrected chi connectivity index (χ0v) is 15.4. The number of hydrogen-bond acceptors (Lipinski definition) is 2. The maximum atomic E-state index is 4.47. The van der Waals surface area contributed by atoms with Gasteiger partial charge < -0.3 is 5.32 Å². The molecule has 1 aromatic rings. The molecular formula is C16H30BrN3. The zero-order valence-electron chi connectivity index (χ0n) is 13.8. The summed E-state index contributed by atoms with van der Waals surface area (Å²) < 4.78 is 3.26. The number of aromatic nitrogens is 2. The van der Waals surface area contributed by atoms with E-state index in [2.05, 4.69) is 72.6 Å². The lowest BCUT2D eigenvalue weighted by Crippen LogP contribution is -2.41. The SMILES string of the molecule is CCCNC(CCc1c(Br)cnn1C(C)C)C(C)(C)C. The Hall–Kier alpha value is -0.350. The second-order valence-corrected chi connectivity index (χ2v) is 7.74. The van der Waals surface area contributed by atoms with Crippen molar-refractivity contribution in [2.24, 2.45) is 5.41 Å². The summed E-state index contributed by atoms with van der Waals surface area (Å²) in [5.41, 5.74) is 1.59. The van der Waals surface area contributed by atoms with Crippen LogP contribution in [0.25, 0.3) is 0 Å². The predicted octanol–water partition coefficient (Wildman–Crippen LogP) is 4.57. The summed E-state index contributed by atoms with van der Waals surface area (Å²) in [7, 11) is 0. The molecule has 20 heavy (non-hydrogen) atoms. The highest BCUT2D eigenvalue weighted by Gasteiger charge is 2.24. The Kier molecular flexibility index (Phi) is 6.73. The number of hydrogen-bond donors (Lipinski definition) is 1. The summed E-state index contributed by atoms with van der Waals surface area (Å²) in [5, 5.41) is 8.16. The summed E-state index contributed by atoms with van der Waals surface area (Å²) in [6, 6.07) is 0.942. The molecule has 0 aliphatic carbocycles. The Morgan fingerprint density at radius 2 is 2.00 bits per heavy atom. The lowest BCUT2D eigenvalue weighted by atomic mass is 9.83. The first-order valence-corrected chi connectivity index (χ1v) is 8.52. The fraction of sp³-hybridized carbons (Fsp3) is 0.812. The van der Waals surface area contributed by atoms with Gasteiger partial charge in [-0.05, 0) is 61.0 Å². The van der Waals surface area contributed by atoms with Crippen LogP contribution in [0.4, 0.5) is 0 Å². The van der Waals surface area contributed by atoms with E-state index in [9.17, 15) is 0 Å². The molecule has 0 aromatic carbocycles. The highest BCUT2D eigenvalue weighted by atomic mass is 79.9. The van der Waals surface area contributed by atoms with Gasteiger partial charge in [-0.2, -0.15) is 5.10 Å². The molecule has 0 radical (unpaired) electrons. The summed E-state index contributed by atoms with van der Waals surface area (Å²) in [5.74, 6) is 0. The van der Waals surface area contributed by atoms with E-state index in [0.29, 0.717) is 12.1 Å². The number of rotatable bonds is 7. The zero-order chi connectivity index (χ0) is 15.3. The van der Waals surface area contributed by atoms with E-state index in [-0.39, 0.29) is 5.41 Å². The van der Waals surface area contributed by atoms with E-state index >= 15 is 0 Å². The summed E-state index contributed by atoms with van der Waals surface area (Å²) in [4.78, 5) is 0. The largest absolute Gasteiger partial charge is 0.313 e. The first kappa shape index (κ1) is 17.7. The van der Waals surface area contributed by atoms with E-state index in [1.54, 1.807) is 0 Å².